The molecular weight excluding hydrogens is 470 g/mol. The minimum atomic E-state index is -4.94. The van der Waals surface area contributed by atoms with Crippen molar-refractivity contribution >= 4 is 27.7 Å². The Labute approximate surface area is 197 Å². The number of benzene rings is 3. The molecule has 0 saturated carbocycles. The van der Waals surface area contributed by atoms with Crippen LogP contribution in [0.15, 0.2) is 54.6 Å². The highest BCUT2D eigenvalue weighted by Gasteiger charge is 2.37. The average Bonchev–Trinajstić information content (AvgIpc) is 3.09. The lowest BCUT2D eigenvalue weighted by Gasteiger charge is -2.15. The number of hydrogen-bond acceptors (Lipinski definition) is 1. The molecule has 2 N–H and O–H groups in total. The predicted molar refractivity (Wildman–Crippen MR) is 122 cm³/mol. The molecule has 184 valence electrons. The molecule has 1 aromatic heterocycles. The molecule has 0 aliphatic rings. The van der Waals surface area contributed by atoms with Gasteiger partial charge in [0.1, 0.15) is 0 Å². The Morgan fingerprint density at radius 1 is 0.857 bits per heavy atom. The number of amides is 1. The van der Waals surface area contributed by atoms with E-state index in [1.807, 2.05) is 25.1 Å². The number of aromatic nitrogens is 1. The van der Waals surface area contributed by atoms with Crippen LogP contribution in [0.25, 0.3) is 21.8 Å². The predicted octanol–water partition coefficient (Wildman–Crippen LogP) is 7.32. The van der Waals surface area contributed by atoms with Crippen molar-refractivity contribution in [2.45, 2.75) is 45.1 Å². The first-order valence-electron chi connectivity index (χ1n) is 11.0. The van der Waals surface area contributed by atoms with Gasteiger partial charge in [0.05, 0.1) is 16.6 Å². The molecule has 0 spiro atoms. The van der Waals surface area contributed by atoms with Crippen LogP contribution < -0.4 is 5.73 Å². The molecule has 0 saturated heterocycles. The molecule has 0 radical (unpaired) electrons. The van der Waals surface area contributed by atoms with E-state index in [2.05, 4.69) is 0 Å². The van der Waals surface area contributed by atoms with Crippen molar-refractivity contribution in [3.05, 3.63) is 82.4 Å². The Morgan fingerprint density at radius 3 is 2.09 bits per heavy atom. The van der Waals surface area contributed by atoms with Crippen LogP contribution in [0.4, 0.5) is 26.3 Å². The summed E-state index contributed by atoms with van der Waals surface area (Å²) in [7, 11) is 0. The molecule has 35 heavy (non-hydrogen) atoms. The first-order chi connectivity index (χ1) is 16.4. The van der Waals surface area contributed by atoms with Gasteiger partial charge >= 0.3 is 12.4 Å². The first kappa shape index (κ1) is 24.6. The third-order valence-corrected chi connectivity index (χ3v) is 6.03. The summed E-state index contributed by atoms with van der Waals surface area (Å²) >= 11 is 0. The van der Waals surface area contributed by atoms with Gasteiger partial charge in [0.15, 0.2) is 0 Å². The zero-order valence-corrected chi connectivity index (χ0v) is 18.7. The molecule has 3 aromatic carbocycles. The molecule has 0 unspecified atom stereocenters. The molecule has 0 atom stereocenters. The van der Waals surface area contributed by atoms with Gasteiger partial charge in [-0.05, 0) is 60.4 Å². The van der Waals surface area contributed by atoms with Crippen LogP contribution in [0, 0.1) is 0 Å². The topological polar surface area (TPSA) is 48.0 Å². The Balaban J connectivity index is 1.98. The molecule has 3 nitrogen and oxygen atoms in total. The maximum Gasteiger partial charge on any atom is 0.416 e. The van der Waals surface area contributed by atoms with E-state index in [4.69, 9.17) is 5.73 Å². The van der Waals surface area contributed by atoms with E-state index >= 15 is 0 Å². The number of unbranched alkanes of at least 4 members (excludes halogenated alkanes) is 1. The van der Waals surface area contributed by atoms with Gasteiger partial charge in [-0.15, -0.1) is 0 Å². The standard InChI is InChI=1S/C26H22F6N2O/c1-2-3-5-15-8-9-19-22(12-15)34(21-7-4-6-20(23(19)21)24(33)35)14-16-10-17(25(27,28)29)13-18(11-16)26(30,31)32/h4,6-13H,2-3,5,14H2,1H3,(H2,33,35). The summed E-state index contributed by atoms with van der Waals surface area (Å²) in [6.45, 7) is 1.78. The quantitative estimate of drug-likeness (QED) is 0.282. The highest BCUT2D eigenvalue weighted by molar-refractivity contribution is 6.18. The minimum absolute atomic E-state index is 0.115. The van der Waals surface area contributed by atoms with Crippen molar-refractivity contribution in [3.63, 3.8) is 0 Å². The number of rotatable bonds is 6. The molecule has 0 fully saturated rings. The molecule has 9 heteroatoms. The largest absolute Gasteiger partial charge is 0.416 e. The van der Waals surface area contributed by atoms with Crippen molar-refractivity contribution in [1.82, 2.24) is 4.57 Å². The fourth-order valence-electron chi connectivity index (χ4n) is 4.40. The molecule has 0 bridgehead atoms. The lowest BCUT2D eigenvalue weighted by Crippen LogP contribution is -2.13. The van der Waals surface area contributed by atoms with Gasteiger partial charge in [-0.3, -0.25) is 4.79 Å². The fourth-order valence-corrected chi connectivity index (χ4v) is 4.40. The number of halogens is 6. The van der Waals surface area contributed by atoms with Gasteiger partial charge in [-0.25, -0.2) is 0 Å². The van der Waals surface area contributed by atoms with Crippen molar-refractivity contribution in [1.29, 1.82) is 0 Å². The second-order valence-electron chi connectivity index (χ2n) is 8.52. The molecule has 4 rings (SSSR count). The second-order valence-corrected chi connectivity index (χ2v) is 8.52. The van der Waals surface area contributed by atoms with Gasteiger partial charge in [0.25, 0.3) is 0 Å². The number of primary amides is 1. The third kappa shape index (κ3) is 4.85. The number of fused-ring (bicyclic) bond motifs is 3. The molecule has 4 aromatic rings. The van der Waals surface area contributed by atoms with E-state index in [1.54, 1.807) is 22.8 Å². The summed E-state index contributed by atoms with van der Waals surface area (Å²) in [5.41, 5.74) is 4.97. The molecular formula is C26H22F6N2O. The Kier molecular flexibility index (Phi) is 6.29. The zero-order valence-electron chi connectivity index (χ0n) is 18.7. The highest BCUT2D eigenvalue weighted by Crippen LogP contribution is 2.38. The maximum absolute atomic E-state index is 13.4. The van der Waals surface area contributed by atoms with E-state index < -0.39 is 29.4 Å². The van der Waals surface area contributed by atoms with Crippen molar-refractivity contribution in [3.8, 4) is 0 Å². The lowest BCUT2D eigenvalue weighted by molar-refractivity contribution is -0.143. The second kappa shape index (κ2) is 8.94. The van der Waals surface area contributed by atoms with Crippen LogP contribution in [0.1, 0.15) is 52.4 Å². The van der Waals surface area contributed by atoms with Crippen molar-refractivity contribution in [2.24, 2.45) is 5.73 Å². The Morgan fingerprint density at radius 2 is 1.51 bits per heavy atom. The molecule has 0 aliphatic heterocycles. The van der Waals surface area contributed by atoms with Crippen molar-refractivity contribution < 1.29 is 31.1 Å². The average molecular weight is 492 g/mol. The molecule has 1 amide bonds. The summed E-state index contributed by atoms with van der Waals surface area (Å²) in [5.74, 6) is -0.678. The SMILES string of the molecule is CCCCc1ccc2c3c(C(N)=O)cccc3n(Cc3cc(C(F)(F)F)cc(C(F)(F)F)c3)c2c1. The van der Waals surface area contributed by atoms with Gasteiger partial charge in [0.2, 0.25) is 5.91 Å². The minimum Gasteiger partial charge on any atom is -0.366 e. The first-order valence-corrected chi connectivity index (χ1v) is 11.0. The smallest absolute Gasteiger partial charge is 0.366 e. The third-order valence-electron chi connectivity index (χ3n) is 6.03. The van der Waals surface area contributed by atoms with Gasteiger partial charge in [-0.1, -0.05) is 31.5 Å². The summed E-state index contributed by atoms with van der Waals surface area (Å²) in [4.78, 5) is 12.1. The number of carbonyl (C=O) groups is 1. The number of alkyl halides is 6. The normalized spacial score (nSPS) is 12.5. The number of aryl methyl sites for hydroxylation is 1. The monoisotopic (exact) mass is 492 g/mol. The summed E-state index contributed by atoms with van der Waals surface area (Å²) in [5, 5.41) is 1.16. The number of hydrogen-bond donors (Lipinski definition) is 1. The van der Waals surface area contributed by atoms with Gasteiger partial charge in [0, 0.05) is 28.4 Å². The van der Waals surface area contributed by atoms with Crippen LogP contribution in [0.3, 0.4) is 0 Å². The van der Waals surface area contributed by atoms with Crippen LogP contribution >= 0.6 is 0 Å². The Hall–Kier alpha value is -3.49. The van der Waals surface area contributed by atoms with E-state index in [0.29, 0.717) is 21.8 Å². The van der Waals surface area contributed by atoms with Crippen LogP contribution in [-0.4, -0.2) is 10.5 Å². The van der Waals surface area contributed by atoms with Crippen LogP contribution in [0.2, 0.25) is 0 Å². The lowest BCUT2D eigenvalue weighted by atomic mass is 10.0. The summed E-state index contributed by atoms with van der Waals surface area (Å²) in [6.07, 6.45) is -7.25. The maximum atomic E-state index is 13.4. The van der Waals surface area contributed by atoms with Crippen LogP contribution in [-0.2, 0) is 25.3 Å². The molecule has 0 aliphatic carbocycles. The van der Waals surface area contributed by atoms with Gasteiger partial charge in [-0.2, -0.15) is 26.3 Å². The van der Waals surface area contributed by atoms with Crippen LogP contribution in [0.5, 0.6) is 0 Å². The summed E-state index contributed by atoms with van der Waals surface area (Å²) in [6, 6.07) is 12.0. The highest BCUT2D eigenvalue weighted by atomic mass is 19.4. The molecule has 1 heterocycles. The van der Waals surface area contributed by atoms with E-state index in [0.717, 1.165) is 37.0 Å². The Bertz CT molecular complexity index is 1380. The van der Waals surface area contributed by atoms with Crippen molar-refractivity contribution in [2.75, 3.05) is 0 Å². The van der Waals surface area contributed by atoms with E-state index in [1.165, 1.54) is 0 Å². The number of nitrogens with zero attached hydrogens (tertiary/aromatic N) is 1. The number of nitrogens with two attached hydrogens (primary N) is 1. The number of carbonyl (C=O) groups excluding carboxylic acids is 1. The van der Waals surface area contributed by atoms with Gasteiger partial charge < -0.3 is 10.3 Å². The van der Waals surface area contributed by atoms with E-state index in [9.17, 15) is 31.1 Å². The summed E-state index contributed by atoms with van der Waals surface area (Å²) < 4.78 is 82.1. The zero-order chi connectivity index (χ0) is 25.5. The van der Waals surface area contributed by atoms with E-state index in [-0.39, 0.29) is 23.7 Å². The fraction of sp³-hybridized carbons (Fsp3) is 0.269.